The fourth-order valence-electron chi connectivity index (χ4n) is 0.886. The molecule has 0 saturated carbocycles. The van der Waals surface area contributed by atoms with E-state index in [2.05, 4.69) is 20.7 Å². The van der Waals surface area contributed by atoms with Gasteiger partial charge in [-0.3, -0.25) is 0 Å². The van der Waals surface area contributed by atoms with Crippen LogP contribution in [0.1, 0.15) is 5.56 Å². The van der Waals surface area contributed by atoms with Gasteiger partial charge in [0.25, 0.3) is 0 Å². The van der Waals surface area contributed by atoms with Gasteiger partial charge in [0.15, 0.2) is 0 Å². The van der Waals surface area contributed by atoms with Crippen molar-refractivity contribution < 1.29 is 18.0 Å². The van der Waals surface area contributed by atoms with Crippen molar-refractivity contribution in [3.05, 3.63) is 39.8 Å². The molecule has 0 saturated heterocycles. The van der Waals surface area contributed by atoms with Crippen LogP contribution in [0.3, 0.4) is 0 Å². The van der Waals surface area contributed by atoms with Gasteiger partial charge in [0.1, 0.15) is 0 Å². The minimum absolute atomic E-state index is 0.178. The van der Waals surface area contributed by atoms with E-state index in [9.17, 15) is 13.2 Å². The van der Waals surface area contributed by atoms with Crippen LogP contribution in [0, 0.1) is 0 Å². The first-order valence-electron chi connectivity index (χ1n) is 3.50. The van der Waals surface area contributed by atoms with Crippen LogP contribution in [0.25, 0.3) is 5.53 Å². The second kappa shape index (κ2) is 3.94. The Kier molecular flexibility index (Phi) is 3.08. The van der Waals surface area contributed by atoms with E-state index >= 15 is 0 Å². The van der Waals surface area contributed by atoms with E-state index in [1.165, 1.54) is 24.3 Å². The molecule has 0 aromatic heterocycles. The highest BCUT2D eigenvalue weighted by Gasteiger charge is 2.45. The molecule has 0 N–H and O–H groups in total. The summed E-state index contributed by atoms with van der Waals surface area (Å²) in [4.78, 5) is 2.24. The molecular formula is C8H4BrF3N2. The van der Waals surface area contributed by atoms with Crippen LogP contribution in [0.2, 0.25) is 0 Å². The van der Waals surface area contributed by atoms with E-state index in [1.54, 1.807) is 0 Å². The summed E-state index contributed by atoms with van der Waals surface area (Å²) in [5.41, 5.74) is 6.76. The van der Waals surface area contributed by atoms with E-state index in [0.29, 0.717) is 4.47 Å². The molecule has 2 nitrogen and oxygen atoms in total. The number of hydrogen-bond acceptors (Lipinski definition) is 0. The van der Waals surface area contributed by atoms with Crippen LogP contribution < -0.4 is 0 Å². The maximum absolute atomic E-state index is 12.2. The first-order chi connectivity index (χ1) is 6.45. The van der Waals surface area contributed by atoms with Crippen LogP contribution in [0.5, 0.6) is 0 Å². The predicted molar refractivity (Wildman–Crippen MR) is 47.9 cm³/mol. The normalized spacial score (nSPS) is 10.9. The lowest BCUT2D eigenvalue weighted by molar-refractivity contribution is -0.111. The maximum atomic E-state index is 12.2. The number of alkyl halides is 3. The average Bonchev–Trinajstić information content (AvgIpc) is 2.07. The SMILES string of the molecule is [N-]=[N+]=C(c1ccc(Br)cc1)C(F)(F)F. The van der Waals surface area contributed by atoms with E-state index in [1.807, 2.05) is 0 Å². The molecule has 0 radical (unpaired) electrons. The molecule has 0 spiro atoms. The molecular weight excluding hydrogens is 261 g/mol. The Morgan fingerprint density at radius 2 is 1.71 bits per heavy atom. The molecule has 0 aliphatic heterocycles. The summed E-state index contributed by atoms with van der Waals surface area (Å²) in [5, 5.41) is 0. The summed E-state index contributed by atoms with van der Waals surface area (Å²) >= 11 is 3.08. The summed E-state index contributed by atoms with van der Waals surface area (Å²) in [6.07, 6.45) is -4.65. The zero-order valence-corrected chi connectivity index (χ0v) is 8.30. The average molecular weight is 265 g/mol. The Morgan fingerprint density at radius 3 is 2.07 bits per heavy atom. The number of hydrogen-bond donors (Lipinski definition) is 0. The zero-order chi connectivity index (χ0) is 10.8. The Labute approximate surface area is 86.1 Å². The third-order valence-corrected chi connectivity index (χ3v) is 2.01. The lowest BCUT2D eigenvalue weighted by Crippen LogP contribution is -2.24. The minimum Gasteiger partial charge on any atom is -0.361 e. The molecule has 74 valence electrons. The van der Waals surface area contributed by atoms with Crippen LogP contribution in [0.15, 0.2) is 28.7 Å². The van der Waals surface area contributed by atoms with Crippen molar-refractivity contribution in [3.63, 3.8) is 0 Å². The number of rotatable bonds is 1. The molecule has 1 rings (SSSR count). The molecule has 1 aromatic rings. The van der Waals surface area contributed by atoms with E-state index in [4.69, 9.17) is 5.53 Å². The second-order valence-electron chi connectivity index (χ2n) is 2.45. The third-order valence-electron chi connectivity index (χ3n) is 1.49. The highest BCUT2D eigenvalue weighted by molar-refractivity contribution is 9.10. The fraction of sp³-hybridized carbons (Fsp3) is 0.125. The Morgan fingerprint density at radius 1 is 1.21 bits per heavy atom. The highest BCUT2D eigenvalue weighted by Crippen LogP contribution is 2.22. The predicted octanol–water partition coefficient (Wildman–Crippen LogP) is 3.03. The molecule has 0 unspecified atom stereocenters. The Balaban J connectivity index is 3.16. The number of halogens is 4. The zero-order valence-electron chi connectivity index (χ0n) is 6.72. The smallest absolute Gasteiger partial charge is 0.361 e. The van der Waals surface area contributed by atoms with Crippen molar-refractivity contribution in [2.45, 2.75) is 6.18 Å². The summed E-state index contributed by atoms with van der Waals surface area (Å²) in [6, 6.07) is 5.30. The molecule has 0 aliphatic carbocycles. The monoisotopic (exact) mass is 264 g/mol. The summed E-state index contributed by atoms with van der Waals surface area (Å²) < 4.78 is 37.3. The fourth-order valence-corrected chi connectivity index (χ4v) is 1.15. The molecule has 0 atom stereocenters. The van der Waals surface area contributed by atoms with E-state index < -0.39 is 11.9 Å². The quantitative estimate of drug-likeness (QED) is 0.425. The van der Waals surface area contributed by atoms with Gasteiger partial charge in [-0.15, -0.1) is 0 Å². The van der Waals surface area contributed by atoms with Gasteiger partial charge in [-0.05, 0) is 24.3 Å². The summed E-state index contributed by atoms with van der Waals surface area (Å²) in [5.74, 6) is 0. The summed E-state index contributed by atoms with van der Waals surface area (Å²) in [7, 11) is 0. The Bertz CT molecular complexity index is 377. The molecule has 0 heterocycles. The van der Waals surface area contributed by atoms with Crippen LogP contribution in [0.4, 0.5) is 13.2 Å². The van der Waals surface area contributed by atoms with Crippen molar-refractivity contribution in [3.8, 4) is 0 Å². The van der Waals surface area contributed by atoms with Gasteiger partial charge in [-0.25, -0.2) is 0 Å². The lowest BCUT2D eigenvalue weighted by atomic mass is 10.1. The van der Waals surface area contributed by atoms with Crippen molar-refractivity contribution in [1.29, 1.82) is 0 Å². The highest BCUT2D eigenvalue weighted by atomic mass is 79.9. The van der Waals surface area contributed by atoms with Gasteiger partial charge in [0, 0.05) is 4.47 Å². The molecule has 0 aliphatic rings. The molecule has 1 aromatic carbocycles. The largest absolute Gasteiger partial charge is 0.495 e. The van der Waals surface area contributed by atoms with Gasteiger partial charge < -0.3 is 5.53 Å². The summed E-state index contributed by atoms with van der Waals surface area (Å²) in [6.45, 7) is 0. The van der Waals surface area contributed by atoms with E-state index in [0.717, 1.165) is 0 Å². The van der Waals surface area contributed by atoms with Gasteiger partial charge in [-0.1, -0.05) is 15.9 Å². The van der Waals surface area contributed by atoms with Gasteiger partial charge in [0.05, 0.1) is 5.56 Å². The number of nitrogens with zero attached hydrogens (tertiary/aromatic N) is 2. The molecule has 0 bridgehead atoms. The van der Waals surface area contributed by atoms with Crippen molar-refractivity contribution in [2.75, 3.05) is 0 Å². The van der Waals surface area contributed by atoms with Crippen LogP contribution in [-0.2, 0) is 0 Å². The van der Waals surface area contributed by atoms with Gasteiger partial charge in [0.2, 0.25) is 0 Å². The molecule has 14 heavy (non-hydrogen) atoms. The van der Waals surface area contributed by atoms with E-state index in [-0.39, 0.29) is 5.56 Å². The second-order valence-corrected chi connectivity index (χ2v) is 3.37. The van der Waals surface area contributed by atoms with Crippen molar-refractivity contribution in [2.24, 2.45) is 0 Å². The number of benzene rings is 1. The minimum atomic E-state index is -4.65. The first-order valence-corrected chi connectivity index (χ1v) is 4.29. The topological polar surface area (TPSA) is 36.4 Å². The van der Waals surface area contributed by atoms with Crippen LogP contribution >= 0.6 is 15.9 Å². The van der Waals surface area contributed by atoms with Crippen LogP contribution in [-0.4, -0.2) is 16.7 Å². The van der Waals surface area contributed by atoms with Gasteiger partial charge >= 0.3 is 11.9 Å². The molecule has 0 fully saturated rings. The molecule has 6 heteroatoms. The lowest BCUT2D eigenvalue weighted by Gasteiger charge is -2.00. The third kappa shape index (κ3) is 2.43. The van der Waals surface area contributed by atoms with Crippen molar-refractivity contribution >= 4 is 21.6 Å². The molecule has 0 amide bonds. The van der Waals surface area contributed by atoms with Gasteiger partial charge in [-0.2, -0.15) is 18.0 Å². The Hall–Kier alpha value is -1.13. The maximum Gasteiger partial charge on any atom is 0.495 e. The van der Waals surface area contributed by atoms with Crippen molar-refractivity contribution in [1.82, 2.24) is 0 Å². The first kappa shape index (κ1) is 10.9. The standard InChI is InChI=1S/C8H4BrF3N2/c9-6-3-1-5(2-4-6)7(14-13)8(10,11)12/h1-4H.